The number of halogens is 2. The first-order valence-electron chi connectivity index (χ1n) is 12.2. The molecule has 0 aliphatic carbocycles. The van der Waals surface area contributed by atoms with E-state index < -0.39 is 28.5 Å². The summed E-state index contributed by atoms with van der Waals surface area (Å²) < 4.78 is 27.4. The molecular weight excluding hydrogens is 590 g/mol. The van der Waals surface area contributed by atoms with Crippen LogP contribution < -0.4 is 9.62 Å². The van der Waals surface area contributed by atoms with Crippen molar-refractivity contribution in [3.05, 3.63) is 99.5 Å². The van der Waals surface area contributed by atoms with Crippen molar-refractivity contribution in [2.24, 2.45) is 0 Å². The lowest BCUT2D eigenvalue weighted by Crippen LogP contribution is -2.53. The van der Waals surface area contributed by atoms with Crippen LogP contribution in [0.1, 0.15) is 24.5 Å². The van der Waals surface area contributed by atoms with E-state index in [-0.39, 0.29) is 29.6 Å². The number of hydrogen-bond acceptors (Lipinski definition) is 4. The van der Waals surface area contributed by atoms with E-state index >= 15 is 0 Å². The monoisotopic (exact) mass is 619 g/mol. The average molecular weight is 621 g/mol. The van der Waals surface area contributed by atoms with Gasteiger partial charge in [0.05, 0.1) is 17.0 Å². The van der Waals surface area contributed by atoms with Gasteiger partial charge in [0.15, 0.2) is 0 Å². The SMILES string of the molecule is CCCNC(=O)[C@H](Cc1ccccc1)N(Cc1ccc(Br)cc1)C(=O)CN(c1ccccc1Cl)S(C)(=O)=O. The number of rotatable bonds is 12. The van der Waals surface area contributed by atoms with Crippen LogP contribution in [0.2, 0.25) is 5.02 Å². The molecule has 38 heavy (non-hydrogen) atoms. The van der Waals surface area contributed by atoms with E-state index in [0.29, 0.717) is 6.54 Å². The van der Waals surface area contributed by atoms with Crippen molar-refractivity contribution in [2.45, 2.75) is 32.4 Å². The normalized spacial score (nSPS) is 12.0. The van der Waals surface area contributed by atoms with E-state index in [1.807, 2.05) is 61.5 Å². The van der Waals surface area contributed by atoms with Gasteiger partial charge in [-0.2, -0.15) is 0 Å². The number of anilines is 1. The summed E-state index contributed by atoms with van der Waals surface area (Å²) in [4.78, 5) is 28.8. The summed E-state index contributed by atoms with van der Waals surface area (Å²) in [5.41, 5.74) is 1.87. The summed E-state index contributed by atoms with van der Waals surface area (Å²) in [5, 5.41) is 3.11. The number of carbonyl (C=O) groups excluding carboxylic acids is 2. The molecule has 3 aromatic carbocycles. The number of sulfonamides is 1. The van der Waals surface area contributed by atoms with Crippen LogP contribution in [-0.4, -0.2) is 50.5 Å². The summed E-state index contributed by atoms with van der Waals surface area (Å²) in [6.07, 6.45) is 2.03. The van der Waals surface area contributed by atoms with Crippen LogP contribution >= 0.6 is 27.5 Å². The second kappa shape index (κ2) is 13.8. The van der Waals surface area contributed by atoms with Crippen LogP contribution in [0.15, 0.2) is 83.3 Å². The summed E-state index contributed by atoms with van der Waals surface area (Å²) in [6, 6.07) is 22.4. The number of carbonyl (C=O) groups is 2. The molecule has 1 N–H and O–H groups in total. The third-order valence-corrected chi connectivity index (χ3v) is 7.86. The predicted octanol–water partition coefficient (Wildman–Crippen LogP) is 5.03. The molecule has 10 heteroatoms. The number of para-hydroxylation sites is 1. The van der Waals surface area contributed by atoms with Gasteiger partial charge in [-0.25, -0.2) is 8.42 Å². The minimum Gasteiger partial charge on any atom is -0.354 e. The molecule has 0 aliphatic rings. The van der Waals surface area contributed by atoms with Crippen LogP contribution in [0.25, 0.3) is 0 Å². The van der Waals surface area contributed by atoms with E-state index in [0.717, 1.165) is 32.6 Å². The van der Waals surface area contributed by atoms with Crippen molar-refractivity contribution in [1.82, 2.24) is 10.2 Å². The number of hydrogen-bond donors (Lipinski definition) is 1. The first-order chi connectivity index (χ1) is 18.1. The molecule has 0 saturated carbocycles. The molecule has 2 amide bonds. The minimum atomic E-state index is -3.87. The number of nitrogens with one attached hydrogen (secondary N) is 1. The molecule has 0 heterocycles. The quantitative estimate of drug-likeness (QED) is 0.308. The Morgan fingerprint density at radius 3 is 2.18 bits per heavy atom. The highest BCUT2D eigenvalue weighted by Crippen LogP contribution is 2.28. The topological polar surface area (TPSA) is 86.8 Å². The molecule has 7 nitrogen and oxygen atoms in total. The van der Waals surface area contributed by atoms with Gasteiger partial charge in [-0.05, 0) is 41.8 Å². The first-order valence-corrected chi connectivity index (χ1v) is 15.2. The summed E-state index contributed by atoms with van der Waals surface area (Å²) in [7, 11) is -3.87. The first kappa shape index (κ1) is 29.7. The zero-order valence-corrected chi connectivity index (χ0v) is 24.5. The molecule has 0 aliphatic heterocycles. The third kappa shape index (κ3) is 8.31. The van der Waals surface area contributed by atoms with Crippen LogP contribution in [0.5, 0.6) is 0 Å². The zero-order valence-electron chi connectivity index (χ0n) is 21.3. The molecule has 0 saturated heterocycles. The van der Waals surface area contributed by atoms with Crippen molar-refractivity contribution >= 4 is 55.1 Å². The molecule has 3 rings (SSSR count). The lowest BCUT2D eigenvalue weighted by atomic mass is 10.0. The van der Waals surface area contributed by atoms with E-state index in [1.54, 1.807) is 24.3 Å². The van der Waals surface area contributed by atoms with Crippen molar-refractivity contribution in [3.8, 4) is 0 Å². The van der Waals surface area contributed by atoms with Crippen molar-refractivity contribution in [2.75, 3.05) is 23.7 Å². The smallest absolute Gasteiger partial charge is 0.244 e. The highest BCUT2D eigenvalue weighted by molar-refractivity contribution is 9.10. The van der Waals surface area contributed by atoms with Gasteiger partial charge < -0.3 is 10.2 Å². The standard InChI is InChI=1S/C28H31BrClN3O4S/c1-3-17-31-28(35)26(18-21-9-5-4-6-10-21)32(19-22-13-15-23(29)16-14-22)27(34)20-33(38(2,36)37)25-12-8-7-11-24(25)30/h4-16,26H,3,17-20H2,1-2H3,(H,31,35)/t26-/m0/s1. The highest BCUT2D eigenvalue weighted by atomic mass is 79.9. The fourth-order valence-electron chi connectivity index (χ4n) is 3.96. The largest absolute Gasteiger partial charge is 0.354 e. The van der Waals surface area contributed by atoms with Crippen LogP contribution in [0.3, 0.4) is 0 Å². The Morgan fingerprint density at radius 2 is 1.58 bits per heavy atom. The number of nitrogens with zero attached hydrogens (tertiary/aromatic N) is 2. The molecule has 1 atom stereocenters. The van der Waals surface area contributed by atoms with Gasteiger partial charge in [0, 0.05) is 24.0 Å². The highest BCUT2D eigenvalue weighted by Gasteiger charge is 2.33. The molecule has 202 valence electrons. The Morgan fingerprint density at radius 1 is 0.947 bits per heavy atom. The number of amides is 2. The van der Waals surface area contributed by atoms with Crippen molar-refractivity contribution in [1.29, 1.82) is 0 Å². The molecule has 0 radical (unpaired) electrons. The Kier molecular flexibility index (Phi) is 10.8. The lowest BCUT2D eigenvalue weighted by molar-refractivity contribution is -0.140. The number of benzene rings is 3. The molecule has 0 fully saturated rings. The molecule has 0 unspecified atom stereocenters. The Hall–Kier alpha value is -2.88. The molecule has 3 aromatic rings. The Balaban J connectivity index is 2.04. The van der Waals surface area contributed by atoms with Gasteiger partial charge in [0.25, 0.3) is 0 Å². The van der Waals surface area contributed by atoms with E-state index in [4.69, 9.17) is 11.6 Å². The van der Waals surface area contributed by atoms with E-state index in [9.17, 15) is 18.0 Å². The van der Waals surface area contributed by atoms with Crippen LogP contribution in [0, 0.1) is 0 Å². The molecular formula is C28H31BrClN3O4S. The zero-order chi connectivity index (χ0) is 27.7. The summed E-state index contributed by atoms with van der Waals surface area (Å²) in [6.45, 7) is 2.01. The second-order valence-electron chi connectivity index (χ2n) is 8.87. The van der Waals surface area contributed by atoms with Crippen LogP contribution in [-0.2, 0) is 32.6 Å². The third-order valence-electron chi connectivity index (χ3n) is 5.89. The van der Waals surface area contributed by atoms with Crippen molar-refractivity contribution < 1.29 is 18.0 Å². The van der Waals surface area contributed by atoms with E-state index in [2.05, 4.69) is 21.2 Å². The van der Waals surface area contributed by atoms with Gasteiger partial charge in [-0.1, -0.05) is 89.1 Å². The van der Waals surface area contributed by atoms with Gasteiger partial charge in [-0.15, -0.1) is 0 Å². The lowest BCUT2D eigenvalue weighted by Gasteiger charge is -2.33. The molecule has 0 aromatic heterocycles. The second-order valence-corrected chi connectivity index (χ2v) is 12.1. The maximum atomic E-state index is 14.0. The maximum absolute atomic E-state index is 14.0. The molecule has 0 bridgehead atoms. The van der Waals surface area contributed by atoms with Gasteiger partial charge >= 0.3 is 0 Å². The predicted molar refractivity (Wildman–Crippen MR) is 156 cm³/mol. The minimum absolute atomic E-state index is 0.114. The maximum Gasteiger partial charge on any atom is 0.244 e. The van der Waals surface area contributed by atoms with Gasteiger partial charge in [0.1, 0.15) is 12.6 Å². The fraction of sp³-hybridized carbons (Fsp3) is 0.286. The Bertz CT molecular complexity index is 1340. The van der Waals surface area contributed by atoms with Crippen LogP contribution in [0.4, 0.5) is 5.69 Å². The average Bonchev–Trinajstić information content (AvgIpc) is 2.89. The van der Waals surface area contributed by atoms with Crippen molar-refractivity contribution in [3.63, 3.8) is 0 Å². The van der Waals surface area contributed by atoms with Gasteiger partial charge in [-0.3, -0.25) is 13.9 Å². The van der Waals surface area contributed by atoms with E-state index in [1.165, 1.54) is 4.90 Å². The summed E-state index contributed by atoms with van der Waals surface area (Å²) in [5.74, 6) is -0.823. The fourth-order valence-corrected chi connectivity index (χ4v) is 5.37. The molecule has 0 spiro atoms. The summed E-state index contributed by atoms with van der Waals surface area (Å²) >= 11 is 9.73. The van der Waals surface area contributed by atoms with Gasteiger partial charge in [0.2, 0.25) is 21.8 Å². The Labute approximate surface area is 238 Å².